The molecule has 0 aliphatic carbocycles. The van der Waals surface area contributed by atoms with Gasteiger partial charge in [-0.15, -0.1) is 0 Å². The van der Waals surface area contributed by atoms with E-state index < -0.39 is 5.97 Å². The predicted octanol–water partition coefficient (Wildman–Crippen LogP) is 5.19. The normalized spacial score (nSPS) is 19.2. The average molecular weight is 460 g/mol. The van der Waals surface area contributed by atoms with Crippen molar-refractivity contribution in [1.29, 1.82) is 0 Å². The highest BCUT2D eigenvalue weighted by Crippen LogP contribution is 2.33. The lowest BCUT2D eigenvalue weighted by Crippen LogP contribution is -2.48. The first-order valence-electron chi connectivity index (χ1n) is 11.9. The van der Waals surface area contributed by atoms with Crippen molar-refractivity contribution < 1.29 is 23.9 Å². The number of ether oxygens (including phenoxy) is 2. The number of likely N-dealkylation sites (tertiary alicyclic amines) is 1. The minimum Gasteiger partial charge on any atom is -0.466 e. The Morgan fingerprint density at radius 2 is 1.58 bits per heavy atom. The average Bonchev–Trinajstić information content (AvgIpc) is 2.71. The van der Waals surface area contributed by atoms with E-state index in [1.807, 2.05) is 0 Å². The number of amides is 1. The Balaban J connectivity index is 2.34. The monoisotopic (exact) mass is 459 g/mol. The molecule has 0 spiro atoms. The maximum atomic E-state index is 12.8. The van der Waals surface area contributed by atoms with Crippen molar-refractivity contribution in [2.75, 3.05) is 20.3 Å². The van der Waals surface area contributed by atoms with Gasteiger partial charge in [-0.1, -0.05) is 59.7 Å². The van der Waals surface area contributed by atoms with E-state index in [1.165, 1.54) is 18.2 Å². The van der Waals surface area contributed by atoms with E-state index in [1.54, 1.807) is 11.8 Å². The third-order valence-electron chi connectivity index (χ3n) is 6.40. The van der Waals surface area contributed by atoms with Crippen LogP contribution < -0.4 is 0 Å². The van der Waals surface area contributed by atoms with Gasteiger partial charge in [0.2, 0.25) is 0 Å². The van der Waals surface area contributed by atoms with Crippen molar-refractivity contribution in [3.8, 4) is 0 Å². The van der Waals surface area contributed by atoms with Crippen molar-refractivity contribution >= 4 is 17.8 Å². The van der Waals surface area contributed by atoms with Gasteiger partial charge in [0, 0.05) is 18.5 Å². The van der Waals surface area contributed by atoms with Crippen LogP contribution in [0.25, 0.3) is 0 Å². The second kappa shape index (κ2) is 10.7. The Bertz CT molecular complexity index is 830. The molecule has 0 N–H and O–H groups in total. The number of piperidine rings is 1. The molecular formula is C27H41NO5. The molecule has 1 heterocycles. The number of benzene rings is 1. The highest BCUT2D eigenvalue weighted by molar-refractivity contribution is 5.96. The summed E-state index contributed by atoms with van der Waals surface area (Å²) in [5.74, 6) is -0.864. The summed E-state index contributed by atoms with van der Waals surface area (Å²) in [7, 11) is 1.38. The smallest absolute Gasteiger partial charge is 0.409 e. The zero-order chi connectivity index (χ0) is 25.0. The largest absolute Gasteiger partial charge is 0.466 e. The molecule has 6 heteroatoms. The van der Waals surface area contributed by atoms with Crippen LogP contribution in [0, 0.1) is 5.92 Å². The predicted molar refractivity (Wildman–Crippen MR) is 129 cm³/mol. The summed E-state index contributed by atoms with van der Waals surface area (Å²) in [5.41, 5.74) is 3.62. The molecule has 1 saturated heterocycles. The van der Waals surface area contributed by atoms with Crippen molar-refractivity contribution in [2.45, 2.75) is 91.0 Å². The van der Waals surface area contributed by atoms with Gasteiger partial charge in [0.15, 0.2) is 0 Å². The van der Waals surface area contributed by atoms with Gasteiger partial charge < -0.3 is 14.4 Å². The molecule has 1 aromatic carbocycles. The van der Waals surface area contributed by atoms with Gasteiger partial charge in [0.05, 0.1) is 13.7 Å². The van der Waals surface area contributed by atoms with Gasteiger partial charge in [0.1, 0.15) is 12.2 Å². The van der Waals surface area contributed by atoms with Gasteiger partial charge in [-0.25, -0.2) is 4.79 Å². The van der Waals surface area contributed by atoms with Gasteiger partial charge >= 0.3 is 12.1 Å². The number of carbonyl (C=O) groups is 3. The highest BCUT2D eigenvalue weighted by atomic mass is 16.5. The molecule has 33 heavy (non-hydrogen) atoms. The summed E-state index contributed by atoms with van der Waals surface area (Å²) in [4.78, 5) is 38.8. The molecule has 6 nitrogen and oxygen atoms in total. The van der Waals surface area contributed by atoms with E-state index in [4.69, 9.17) is 9.47 Å². The van der Waals surface area contributed by atoms with Crippen LogP contribution in [-0.2, 0) is 36.3 Å². The molecule has 1 aliphatic rings. The molecule has 0 unspecified atom stereocenters. The summed E-state index contributed by atoms with van der Waals surface area (Å²) in [6, 6.07) is 6.53. The number of methoxy groups -OCH3 is 1. The van der Waals surface area contributed by atoms with Crippen LogP contribution in [0.5, 0.6) is 0 Å². The Morgan fingerprint density at radius 1 is 1.00 bits per heavy atom. The summed E-state index contributed by atoms with van der Waals surface area (Å²) in [6.45, 7) is 15.6. The number of hydrogen-bond acceptors (Lipinski definition) is 5. The molecular weight excluding hydrogens is 418 g/mol. The molecule has 1 aliphatic heterocycles. The molecule has 1 amide bonds. The second-order valence-corrected chi connectivity index (χ2v) is 11.1. The molecule has 0 radical (unpaired) electrons. The number of ketones is 1. The minimum absolute atomic E-state index is 0.0112. The van der Waals surface area contributed by atoms with Crippen molar-refractivity contribution in [3.63, 3.8) is 0 Å². The van der Waals surface area contributed by atoms with Gasteiger partial charge in [-0.3, -0.25) is 9.59 Å². The highest BCUT2D eigenvalue weighted by Gasteiger charge is 2.36. The van der Waals surface area contributed by atoms with Gasteiger partial charge in [-0.2, -0.15) is 0 Å². The third-order valence-corrected chi connectivity index (χ3v) is 6.40. The summed E-state index contributed by atoms with van der Waals surface area (Å²) in [5, 5.41) is 0. The van der Waals surface area contributed by atoms with Crippen molar-refractivity contribution in [3.05, 3.63) is 34.9 Å². The lowest BCUT2D eigenvalue weighted by atomic mass is 9.78. The number of Topliss-reactive ketones (excluding diaryl/α,β-unsaturated/α-hetero) is 1. The fourth-order valence-electron chi connectivity index (χ4n) is 4.34. The molecule has 0 bridgehead atoms. The van der Waals surface area contributed by atoms with Crippen LogP contribution in [0.15, 0.2) is 18.2 Å². The molecule has 184 valence electrons. The molecule has 0 aromatic heterocycles. The maximum absolute atomic E-state index is 12.8. The van der Waals surface area contributed by atoms with Crippen molar-refractivity contribution in [2.24, 2.45) is 5.92 Å². The van der Waals surface area contributed by atoms with Crippen molar-refractivity contribution in [1.82, 2.24) is 4.90 Å². The first-order valence-corrected chi connectivity index (χ1v) is 11.9. The fraction of sp³-hybridized carbons (Fsp3) is 0.667. The maximum Gasteiger partial charge on any atom is 0.409 e. The van der Waals surface area contributed by atoms with Crippen LogP contribution >= 0.6 is 0 Å². The Kier molecular flexibility index (Phi) is 8.72. The second-order valence-electron chi connectivity index (χ2n) is 11.1. The topological polar surface area (TPSA) is 72.9 Å². The van der Waals surface area contributed by atoms with Crippen LogP contribution in [0.3, 0.4) is 0 Å². The standard InChI is InChI=1S/C27H41NO5/c1-9-33-24(30)17-23(29)19-10-11-28(25(31)32-8)22(15-19)14-18-12-20(26(2,3)4)16-21(13-18)27(5,6)7/h12-13,16,19,22H,9-11,14-15,17H2,1-8H3/t19-,22+/m1/s1. The number of nitrogens with zero attached hydrogens (tertiary/aromatic N) is 1. The lowest BCUT2D eigenvalue weighted by Gasteiger charge is -2.38. The number of carbonyl (C=O) groups excluding carboxylic acids is 3. The Labute approximate surface area is 199 Å². The molecule has 1 fully saturated rings. The third kappa shape index (κ3) is 7.31. The first kappa shape index (κ1) is 26.9. The Morgan fingerprint density at radius 3 is 2.06 bits per heavy atom. The summed E-state index contributed by atoms with van der Waals surface area (Å²) >= 11 is 0. The summed E-state index contributed by atoms with van der Waals surface area (Å²) < 4.78 is 9.98. The first-order chi connectivity index (χ1) is 15.3. The quantitative estimate of drug-likeness (QED) is 0.432. The van der Waals surface area contributed by atoms with Gasteiger partial charge in [0.25, 0.3) is 0 Å². The van der Waals surface area contributed by atoms with E-state index in [-0.39, 0.29) is 47.7 Å². The summed E-state index contributed by atoms with van der Waals surface area (Å²) in [6.07, 6.45) is 1.08. The van der Waals surface area contributed by atoms with E-state index in [9.17, 15) is 14.4 Å². The zero-order valence-corrected chi connectivity index (χ0v) is 21.6. The van der Waals surface area contributed by atoms with Crippen LogP contribution in [0.4, 0.5) is 4.79 Å². The molecule has 2 atom stereocenters. The molecule has 1 aromatic rings. The van der Waals surface area contributed by atoms with Gasteiger partial charge in [-0.05, 0) is 53.7 Å². The van der Waals surface area contributed by atoms with E-state index in [0.717, 1.165) is 5.56 Å². The van der Waals surface area contributed by atoms with E-state index in [0.29, 0.717) is 25.8 Å². The fourth-order valence-corrected chi connectivity index (χ4v) is 4.34. The Hall–Kier alpha value is -2.37. The lowest BCUT2D eigenvalue weighted by molar-refractivity contribution is -0.146. The minimum atomic E-state index is -0.484. The number of hydrogen-bond donors (Lipinski definition) is 0. The van der Waals surface area contributed by atoms with Crippen LogP contribution in [-0.4, -0.2) is 49.0 Å². The zero-order valence-electron chi connectivity index (χ0n) is 21.6. The van der Waals surface area contributed by atoms with Crippen LogP contribution in [0.2, 0.25) is 0 Å². The number of esters is 1. The number of rotatable bonds is 6. The van der Waals surface area contributed by atoms with E-state index in [2.05, 4.69) is 59.7 Å². The SMILES string of the molecule is CCOC(=O)CC(=O)[C@@H]1CCN(C(=O)OC)[C@@H](Cc2cc(C(C)(C)C)cc(C(C)(C)C)c2)C1. The molecule has 0 saturated carbocycles. The van der Waals surface area contributed by atoms with Crippen LogP contribution in [0.1, 0.15) is 84.4 Å². The van der Waals surface area contributed by atoms with E-state index >= 15 is 0 Å². The molecule has 2 rings (SSSR count).